The van der Waals surface area contributed by atoms with Crippen molar-refractivity contribution in [2.24, 2.45) is 5.41 Å². The van der Waals surface area contributed by atoms with E-state index in [1.165, 1.54) is 0 Å². The van der Waals surface area contributed by atoms with Crippen LogP contribution in [-0.2, 0) is 0 Å². The van der Waals surface area contributed by atoms with E-state index in [2.05, 4.69) is 18.7 Å². The molecule has 0 bridgehead atoms. The van der Waals surface area contributed by atoms with E-state index >= 15 is 0 Å². The monoisotopic (exact) mass is 189 g/mol. The van der Waals surface area contributed by atoms with Crippen LogP contribution in [0.25, 0.3) is 0 Å². The Morgan fingerprint density at radius 1 is 1.15 bits per heavy atom. The molecule has 0 aliphatic heterocycles. The Morgan fingerprint density at radius 3 is 2.00 bits per heavy atom. The molecule has 0 radical (unpaired) electrons. The predicted octanol–water partition coefficient (Wildman–Crippen LogP) is 0.709. The van der Waals surface area contributed by atoms with E-state index < -0.39 is 0 Å². The van der Waals surface area contributed by atoms with Gasteiger partial charge in [-0.15, -0.1) is 0 Å². The Balaban J connectivity index is 4.02. The molecule has 3 nitrogen and oxygen atoms in total. The van der Waals surface area contributed by atoms with Crippen LogP contribution in [0.4, 0.5) is 0 Å². The zero-order valence-electron chi connectivity index (χ0n) is 9.08. The molecule has 0 aromatic carbocycles. The van der Waals surface area contributed by atoms with Gasteiger partial charge in [0.05, 0.1) is 13.2 Å². The molecule has 0 rings (SSSR count). The van der Waals surface area contributed by atoms with Crippen molar-refractivity contribution in [3.8, 4) is 0 Å². The van der Waals surface area contributed by atoms with Crippen molar-refractivity contribution >= 4 is 0 Å². The summed E-state index contributed by atoms with van der Waals surface area (Å²) in [6.07, 6.45) is 1.11. The lowest BCUT2D eigenvalue weighted by Gasteiger charge is -2.31. The second kappa shape index (κ2) is 6.35. The van der Waals surface area contributed by atoms with Gasteiger partial charge in [-0.2, -0.15) is 0 Å². The molecule has 0 fully saturated rings. The van der Waals surface area contributed by atoms with Crippen LogP contribution in [0.2, 0.25) is 0 Å². The molecule has 0 aromatic rings. The van der Waals surface area contributed by atoms with Crippen molar-refractivity contribution in [3.05, 3.63) is 0 Å². The third-order valence-corrected chi connectivity index (χ3v) is 2.36. The fourth-order valence-electron chi connectivity index (χ4n) is 1.36. The fourth-order valence-corrected chi connectivity index (χ4v) is 1.36. The molecule has 0 saturated carbocycles. The first kappa shape index (κ1) is 12.9. The van der Waals surface area contributed by atoms with Crippen LogP contribution in [0.15, 0.2) is 0 Å². The molecule has 0 spiro atoms. The van der Waals surface area contributed by atoms with E-state index in [1.807, 2.05) is 6.92 Å². The number of rotatable bonds is 7. The van der Waals surface area contributed by atoms with E-state index in [9.17, 15) is 0 Å². The van der Waals surface area contributed by atoms with Crippen molar-refractivity contribution in [1.29, 1.82) is 0 Å². The summed E-state index contributed by atoms with van der Waals surface area (Å²) in [4.78, 5) is 2.26. The lowest BCUT2D eigenvalue weighted by atomic mass is 9.92. The van der Waals surface area contributed by atoms with Crippen LogP contribution in [-0.4, -0.2) is 48.0 Å². The molecule has 80 valence electrons. The second-order valence-electron chi connectivity index (χ2n) is 4.00. The largest absolute Gasteiger partial charge is 0.396 e. The van der Waals surface area contributed by atoms with E-state index in [0.717, 1.165) is 26.1 Å². The Labute approximate surface area is 81.4 Å². The van der Waals surface area contributed by atoms with Crippen LogP contribution in [0.5, 0.6) is 0 Å². The molecule has 0 saturated heterocycles. The maximum Gasteiger partial charge on any atom is 0.0519 e. The first-order valence-electron chi connectivity index (χ1n) is 5.06. The maximum atomic E-state index is 9.11. The molecule has 0 unspecified atom stereocenters. The van der Waals surface area contributed by atoms with Gasteiger partial charge in [-0.3, -0.25) is 0 Å². The third kappa shape index (κ3) is 4.60. The van der Waals surface area contributed by atoms with Gasteiger partial charge in [-0.1, -0.05) is 20.8 Å². The van der Waals surface area contributed by atoms with Gasteiger partial charge in [0.2, 0.25) is 0 Å². The molecule has 0 atom stereocenters. The molecule has 13 heavy (non-hydrogen) atoms. The van der Waals surface area contributed by atoms with Crippen LogP contribution in [0, 0.1) is 5.41 Å². The highest BCUT2D eigenvalue weighted by molar-refractivity contribution is 4.76. The van der Waals surface area contributed by atoms with Crippen LogP contribution in [0.3, 0.4) is 0 Å². The van der Waals surface area contributed by atoms with E-state index in [1.54, 1.807) is 0 Å². The summed E-state index contributed by atoms with van der Waals surface area (Å²) in [5.41, 5.74) is -0.356. The van der Waals surface area contributed by atoms with Gasteiger partial charge >= 0.3 is 0 Å². The molecular weight excluding hydrogens is 166 g/mol. The summed E-state index contributed by atoms with van der Waals surface area (Å²) in [7, 11) is 0. The minimum absolute atomic E-state index is 0.0454. The Hall–Kier alpha value is -0.120. The van der Waals surface area contributed by atoms with Gasteiger partial charge in [0.1, 0.15) is 0 Å². The highest BCUT2D eigenvalue weighted by Gasteiger charge is 2.24. The smallest absolute Gasteiger partial charge is 0.0519 e. The highest BCUT2D eigenvalue weighted by atomic mass is 16.3. The van der Waals surface area contributed by atoms with Crippen molar-refractivity contribution in [1.82, 2.24) is 4.90 Å². The SMILES string of the molecule is CCCN(CC)CC(C)(CO)CO. The summed E-state index contributed by atoms with van der Waals surface area (Å²) < 4.78 is 0. The topological polar surface area (TPSA) is 43.7 Å². The molecule has 0 aliphatic carbocycles. The van der Waals surface area contributed by atoms with E-state index in [0.29, 0.717) is 0 Å². The van der Waals surface area contributed by atoms with Crippen LogP contribution >= 0.6 is 0 Å². The summed E-state index contributed by atoms with van der Waals surface area (Å²) in [6, 6.07) is 0. The average molecular weight is 189 g/mol. The minimum Gasteiger partial charge on any atom is -0.396 e. The Bertz CT molecular complexity index is 124. The molecule has 3 heteroatoms. The van der Waals surface area contributed by atoms with Gasteiger partial charge < -0.3 is 15.1 Å². The normalized spacial score (nSPS) is 12.5. The Morgan fingerprint density at radius 2 is 1.69 bits per heavy atom. The van der Waals surface area contributed by atoms with Crippen molar-refractivity contribution in [2.45, 2.75) is 27.2 Å². The maximum absolute atomic E-state index is 9.11. The fraction of sp³-hybridized carbons (Fsp3) is 1.00. The van der Waals surface area contributed by atoms with Crippen LogP contribution in [0.1, 0.15) is 27.2 Å². The lowest BCUT2D eigenvalue weighted by Crippen LogP contribution is -2.41. The highest BCUT2D eigenvalue weighted by Crippen LogP contribution is 2.16. The summed E-state index contributed by atoms with van der Waals surface area (Å²) in [6.45, 7) is 9.02. The van der Waals surface area contributed by atoms with Crippen molar-refractivity contribution in [2.75, 3.05) is 32.8 Å². The number of aliphatic hydroxyl groups is 2. The standard InChI is InChI=1S/C10H23NO2/c1-4-6-11(5-2)7-10(3,8-12)9-13/h12-13H,4-9H2,1-3H3. The quantitative estimate of drug-likeness (QED) is 0.620. The van der Waals surface area contributed by atoms with Gasteiger partial charge in [0.25, 0.3) is 0 Å². The molecule has 2 N–H and O–H groups in total. The zero-order chi connectivity index (χ0) is 10.3. The molecule has 0 aromatic heterocycles. The van der Waals surface area contributed by atoms with Gasteiger partial charge in [-0.25, -0.2) is 0 Å². The first-order chi connectivity index (χ1) is 6.11. The van der Waals surface area contributed by atoms with Gasteiger partial charge in [0, 0.05) is 12.0 Å². The molecular formula is C10H23NO2. The van der Waals surface area contributed by atoms with Gasteiger partial charge in [0.15, 0.2) is 0 Å². The summed E-state index contributed by atoms with van der Waals surface area (Å²) in [5.74, 6) is 0. The minimum atomic E-state index is -0.356. The number of hydrogen-bond donors (Lipinski definition) is 2. The Kier molecular flexibility index (Phi) is 6.29. The zero-order valence-corrected chi connectivity index (χ0v) is 9.08. The third-order valence-electron chi connectivity index (χ3n) is 2.36. The van der Waals surface area contributed by atoms with E-state index in [-0.39, 0.29) is 18.6 Å². The van der Waals surface area contributed by atoms with Gasteiger partial charge in [-0.05, 0) is 19.5 Å². The first-order valence-corrected chi connectivity index (χ1v) is 5.06. The number of hydrogen-bond acceptors (Lipinski definition) is 3. The predicted molar refractivity (Wildman–Crippen MR) is 54.7 cm³/mol. The molecule has 0 amide bonds. The van der Waals surface area contributed by atoms with Crippen molar-refractivity contribution in [3.63, 3.8) is 0 Å². The molecule has 0 aliphatic rings. The number of aliphatic hydroxyl groups excluding tert-OH is 2. The number of nitrogens with zero attached hydrogens (tertiary/aromatic N) is 1. The summed E-state index contributed by atoms with van der Waals surface area (Å²) in [5, 5.41) is 18.2. The lowest BCUT2D eigenvalue weighted by molar-refractivity contribution is 0.0365. The molecule has 0 heterocycles. The second-order valence-corrected chi connectivity index (χ2v) is 4.00. The van der Waals surface area contributed by atoms with E-state index in [4.69, 9.17) is 10.2 Å². The average Bonchev–Trinajstić information content (AvgIpc) is 2.17. The van der Waals surface area contributed by atoms with Crippen LogP contribution < -0.4 is 0 Å². The summed E-state index contributed by atoms with van der Waals surface area (Å²) >= 11 is 0. The van der Waals surface area contributed by atoms with Crippen molar-refractivity contribution < 1.29 is 10.2 Å².